The van der Waals surface area contributed by atoms with Crippen molar-refractivity contribution < 1.29 is 8.42 Å². The molecule has 1 heterocycles. The van der Waals surface area contributed by atoms with Crippen LogP contribution in [0.2, 0.25) is 10.0 Å². The summed E-state index contributed by atoms with van der Waals surface area (Å²) in [6.07, 6.45) is -0.361. The Morgan fingerprint density at radius 2 is 1.87 bits per heavy atom. The molecule has 1 aromatic carbocycles. The van der Waals surface area contributed by atoms with Gasteiger partial charge in [-0.05, 0) is 19.1 Å². The Bertz CT molecular complexity index is 516. The van der Waals surface area contributed by atoms with Crippen molar-refractivity contribution in [1.82, 2.24) is 4.72 Å². The molecule has 2 N–H and O–H groups in total. The van der Waals surface area contributed by atoms with Crippen molar-refractivity contribution in [3.05, 3.63) is 22.2 Å². The van der Waals surface area contributed by atoms with E-state index in [2.05, 4.69) is 10.0 Å². The summed E-state index contributed by atoms with van der Waals surface area (Å²) >= 11 is 11.6. The van der Waals surface area contributed by atoms with E-state index >= 15 is 0 Å². The van der Waals surface area contributed by atoms with Crippen LogP contribution >= 0.6 is 23.2 Å². The molecule has 1 aliphatic heterocycles. The Kier molecular flexibility index (Phi) is 2.58. The number of hydrogen-bond donors (Lipinski definition) is 2. The SMILES string of the molecule is CC1Nc2cc(Cl)c(Cl)cc2S(=O)(=O)N1. The largest absolute Gasteiger partial charge is 0.368 e. The molecule has 1 atom stereocenters. The van der Waals surface area contributed by atoms with Gasteiger partial charge < -0.3 is 5.32 Å². The first-order valence-corrected chi connectivity index (χ1v) is 6.42. The summed E-state index contributed by atoms with van der Waals surface area (Å²) in [5.74, 6) is 0. The number of benzene rings is 1. The van der Waals surface area contributed by atoms with Crippen molar-refractivity contribution in [2.75, 3.05) is 5.32 Å². The van der Waals surface area contributed by atoms with Crippen LogP contribution in [-0.2, 0) is 10.0 Å². The van der Waals surface area contributed by atoms with Crippen molar-refractivity contribution in [2.24, 2.45) is 0 Å². The summed E-state index contributed by atoms with van der Waals surface area (Å²) in [6.45, 7) is 1.70. The van der Waals surface area contributed by atoms with Gasteiger partial charge in [-0.3, -0.25) is 0 Å². The second kappa shape index (κ2) is 3.52. The van der Waals surface area contributed by atoms with Crippen LogP contribution in [0, 0.1) is 0 Å². The molecular formula is C8H8Cl2N2O2S. The van der Waals surface area contributed by atoms with E-state index in [0.29, 0.717) is 10.7 Å². The van der Waals surface area contributed by atoms with Gasteiger partial charge in [0, 0.05) is 0 Å². The van der Waals surface area contributed by atoms with Crippen LogP contribution < -0.4 is 10.0 Å². The molecule has 1 aromatic rings. The molecule has 1 aliphatic rings. The average molecular weight is 267 g/mol. The molecule has 15 heavy (non-hydrogen) atoms. The van der Waals surface area contributed by atoms with Crippen molar-refractivity contribution in [2.45, 2.75) is 18.0 Å². The second-order valence-electron chi connectivity index (χ2n) is 3.25. The summed E-state index contributed by atoms with van der Waals surface area (Å²) in [5.41, 5.74) is 0.468. The third kappa shape index (κ3) is 1.92. The molecule has 0 aliphatic carbocycles. The average Bonchev–Trinajstić information content (AvgIpc) is 2.07. The highest BCUT2D eigenvalue weighted by atomic mass is 35.5. The van der Waals surface area contributed by atoms with E-state index in [1.165, 1.54) is 12.1 Å². The fourth-order valence-electron chi connectivity index (χ4n) is 1.42. The number of anilines is 1. The van der Waals surface area contributed by atoms with Gasteiger partial charge in [-0.25, -0.2) is 8.42 Å². The first-order chi connectivity index (χ1) is 6.90. The van der Waals surface area contributed by atoms with Gasteiger partial charge in [-0.1, -0.05) is 23.2 Å². The highest BCUT2D eigenvalue weighted by molar-refractivity contribution is 7.89. The van der Waals surface area contributed by atoms with E-state index in [4.69, 9.17) is 23.2 Å². The first-order valence-electron chi connectivity index (χ1n) is 4.18. The molecule has 82 valence electrons. The summed E-state index contributed by atoms with van der Waals surface area (Å²) in [5, 5.41) is 3.50. The zero-order valence-electron chi connectivity index (χ0n) is 7.71. The van der Waals surface area contributed by atoms with Gasteiger partial charge in [-0.15, -0.1) is 0 Å². The van der Waals surface area contributed by atoms with Gasteiger partial charge in [0.1, 0.15) is 4.90 Å². The third-order valence-corrected chi connectivity index (χ3v) is 4.32. The highest BCUT2D eigenvalue weighted by Gasteiger charge is 2.27. The van der Waals surface area contributed by atoms with E-state index in [1.807, 2.05) is 0 Å². The van der Waals surface area contributed by atoms with Crippen molar-refractivity contribution >= 4 is 38.9 Å². The normalized spacial score (nSPS) is 23.0. The topological polar surface area (TPSA) is 58.2 Å². The van der Waals surface area contributed by atoms with Crippen LogP contribution in [0.25, 0.3) is 0 Å². The molecule has 0 bridgehead atoms. The zero-order chi connectivity index (χ0) is 11.2. The summed E-state index contributed by atoms with van der Waals surface area (Å²) in [4.78, 5) is 0.120. The molecule has 2 rings (SSSR count). The molecule has 7 heteroatoms. The summed E-state index contributed by atoms with van der Waals surface area (Å²) in [6, 6.07) is 2.84. The minimum Gasteiger partial charge on any atom is -0.368 e. The first kappa shape index (κ1) is 11.0. The van der Waals surface area contributed by atoms with Crippen LogP contribution in [-0.4, -0.2) is 14.6 Å². The molecule has 1 unspecified atom stereocenters. The zero-order valence-corrected chi connectivity index (χ0v) is 10.0. The Morgan fingerprint density at radius 3 is 2.53 bits per heavy atom. The van der Waals surface area contributed by atoms with Crippen LogP contribution in [0.1, 0.15) is 6.92 Å². The summed E-state index contributed by atoms with van der Waals surface area (Å²) < 4.78 is 25.8. The minimum atomic E-state index is -3.49. The number of fused-ring (bicyclic) bond motifs is 1. The summed E-state index contributed by atoms with van der Waals surface area (Å²) in [7, 11) is -3.49. The van der Waals surface area contributed by atoms with E-state index < -0.39 is 10.0 Å². The number of sulfonamides is 1. The standard InChI is InChI=1S/C8H8Cl2N2O2S/c1-4-11-7-2-5(9)6(10)3-8(7)15(13,14)12-4/h2-4,11-12H,1H3. The van der Waals surface area contributed by atoms with Crippen LogP contribution in [0.15, 0.2) is 17.0 Å². The van der Waals surface area contributed by atoms with Crippen LogP contribution in [0.3, 0.4) is 0 Å². The highest BCUT2D eigenvalue weighted by Crippen LogP contribution is 2.33. The fourth-order valence-corrected chi connectivity index (χ4v) is 3.15. The van der Waals surface area contributed by atoms with E-state index in [-0.39, 0.29) is 16.1 Å². The molecule has 0 amide bonds. The van der Waals surface area contributed by atoms with Crippen molar-refractivity contribution in [3.63, 3.8) is 0 Å². The van der Waals surface area contributed by atoms with E-state index in [0.717, 1.165) is 0 Å². The van der Waals surface area contributed by atoms with Gasteiger partial charge in [-0.2, -0.15) is 4.72 Å². The molecule has 0 spiro atoms. The molecule has 4 nitrogen and oxygen atoms in total. The maximum absolute atomic E-state index is 11.7. The quantitative estimate of drug-likeness (QED) is 0.756. The van der Waals surface area contributed by atoms with Crippen LogP contribution in [0.4, 0.5) is 5.69 Å². The molecule has 0 aromatic heterocycles. The Hall–Kier alpha value is -0.490. The Morgan fingerprint density at radius 1 is 1.27 bits per heavy atom. The molecular weight excluding hydrogens is 259 g/mol. The molecule has 0 fully saturated rings. The lowest BCUT2D eigenvalue weighted by atomic mass is 10.3. The molecule has 0 radical (unpaired) electrons. The number of nitrogens with one attached hydrogen (secondary N) is 2. The fraction of sp³-hybridized carbons (Fsp3) is 0.250. The monoisotopic (exact) mass is 266 g/mol. The maximum Gasteiger partial charge on any atom is 0.244 e. The number of halogens is 2. The lowest BCUT2D eigenvalue weighted by Gasteiger charge is -2.25. The molecule has 0 saturated heterocycles. The predicted molar refractivity (Wildman–Crippen MR) is 59.9 cm³/mol. The van der Waals surface area contributed by atoms with Gasteiger partial charge >= 0.3 is 0 Å². The number of hydrogen-bond acceptors (Lipinski definition) is 3. The maximum atomic E-state index is 11.7. The number of rotatable bonds is 0. The lowest BCUT2D eigenvalue weighted by molar-refractivity contribution is 0.565. The van der Waals surface area contributed by atoms with Crippen molar-refractivity contribution in [3.8, 4) is 0 Å². The van der Waals surface area contributed by atoms with Crippen molar-refractivity contribution in [1.29, 1.82) is 0 Å². The van der Waals surface area contributed by atoms with Gasteiger partial charge in [0.05, 0.1) is 21.9 Å². The Balaban J connectivity index is 2.68. The van der Waals surface area contributed by atoms with Gasteiger partial charge in [0.2, 0.25) is 10.0 Å². The van der Waals surface area contributed by atoms with E-state index in [1.54, 1.807) is 6.92 Å². The molecule has 0 saturated carbocycles. The predicted octanol–water partition coefficient (Wildman–Crippen LogP) is 2.04. The second-order valence-corrected chi connectivity index (χ2v) is 5.75. The van der Waals surface area contributed by atoms with E-state index in [9.17, 15) is 8.42 Å². The van der Waals surface area contributed by atoms with Gasteiger partial charge in [0.15, 0.2) is 0 Å². The lowest BCUT2D eigenvalue weighted by Crippen LogP contribution is -2.42. The third-order valence-electron chi connectivity index (χ3n) is 2.02. The van der Waals surface area contributed by atoms with Gasteiger partial charge in [0.25, 0.3) is 0 Å². The van der Waals surface area contributed by atoms with Crippen LogP contribution in [0.5, 0.6) is 0 Å². The smallest absolute Gasteiger partial charge is 0.244 e. The Labute approximate surface area is 97.6 Å². The minimum absolute atomic E-state index is 0.120.